The van der Waals surface area contributed by atoms with E-state index < -0.39 is 5.91 Å². The Balaban J connectivity index is 1.51. The van der Waals surface area contributed by atoms with E-state index in [0.717, 1.165) is 16.7 Å². The van der Waals surface area contributed by atoms with Crippen molar-refractivity contribution in [2.24, 2.45) is 5.10 Å². The average Bonchev–Trinajstić information content (AvgIpc) is 3.26. The standard InChI is InChI=1S/C24H22N4O4S/c1-15-4-7-17(8-5-15)18-13-33-23-22(18)24(30)28(14-25-23)12-21(29)27-26-11-16-6-9-19(31-2)20(10-16)32-3/h4-11,13-14H,12H2,1-3H3,(H,27,29)/b26-11-. The van der Waals surface area contributed by atoms with Crippen molar-refractivity contribution in [2.75, 3.05) is 14.2 Å². The minimum absolute atomic E-state index is 0.200. The van der Waals surface area contributed by atoms with Crippen molar-refractivity contribution in [1.29, 1.82) is 0 Å². The molecule has 168 valence electrons. The van der Waals surface area contributed by atoms with Crippen LogP contribution in [0.3, 0.4) is 0 Å². The van der Waals surface area contributed by atoms with Gasteiger partial charge >= 0.3 is 0 Å². The molecule has 4 rings (SSSR count). The number of nitrogens with zero attached hydrogens (tertiary/aromatic N) is 3. The molecule has 0 aliphatic carbocycles. The fraction of sp³-hybridized carbons (Fsp3) is 0.167. The number of amides is 1. The number of ether oxygens (including phenoxy) is 2. The van der Waals surface area contributed by atoms with Crippen LogP contribution in [0.5, 0.6) is 11.5 Å². The lowest BCUT2D eigenvalue weighted by Gasteiger charge is -2.07. The summed E-state index contributed by atoms with van der Waals surface area (Å²) in [5.41, 5.74) is 5.78. The van der Waals surface area contributed by atoms with E-state index in [-0.39, 0.29) is 12.1 Å². The number of hydrogen-bond acceptors (Lipinski definition) is 7. The number of nitrogens with one attached hydrogen (secondary N) is 1. The van der Waals surface area contributed by atoms with Crippen LogP contribution < -0.4 is 20.5 Å². The molecule has 0 saturated heterocycles. The molecule has 0 atom stereocenters. The molecule has 1 amide bonds. The molecule has 2 heterocycles. The molecule has 8 nitrogen and oxygen atoms in total. The molecule has 9 heteroatoms. The van der Waals surface area contributed by atoms with Crippen LogP contribution in [0.4, 0.5) is 0 Å². The van der Waals surface area contributed by atoms with Crippen LogP contribution >= 0.6 is 11.3 Å². The summed E-state index contributed by atoms with van der Waals surface area (Å²) in [5, 5.41) is 6.39. The predicted octanol–water partition coefficient (Wildman–Crippen LogP) is 3.60. The maximum atomic E-state index is 13.1. The van der Waals surface area contributed by atoms with E-state index in [1.165, 1.54) is 28.4 Å². The Morgan fingerprint density at radius 2 is 1.91 bits per heavy atom. The summed E-state index contributed by atoms with van der Waals surface area (Å²) in [4.78, 5) is 30.5. The molecule has 0 bridgehead atoms. The van der Waals surface area contributed by atoms with Crippen molar-refractivity contribution in [3.8, 4) is 22.6 Å². The van der Waals surface area contributed by atoms with Gasteiger partial charge < -0.3 is 9.47 Å². The first-order valence-electron chi connectivity index (χ1n) is 10.1. The molecule has 33 heavy (non-hydrogen) atoms. The number of benzene rings is 2. The normalized spacial score (nSPS) is 11.1. The third-order valence-corrected chi connectivity index (χ3v) is 5.93. The van der Waals surface area contributed by atoms with E-state index >= 15 is 0 Å². The Labute approximate surface area is 194 Å². The molecule has 2 aromatic heterocycles. The Hall–Kier alpha value is -3.98. The average molecular weight is 463 g/mol. The molecule has 4 aromatic rings. The lowest BCUT2D eigenvalue weighted by molar-refractivity contribution is -0.121. The first kappa shape index (κ1) is 22.2. The molecule has 0 fully saturated rings. The van der Waals surface area contributed by atoms with Crippen LogP contribution in [-0.4, -0.2) is 35.9 Å². The SMILES string of the molecule is COc1ccc(/C=N\NC(=O)Cn2cnc3scc(-c4ccc(C)cc4)c3c2=O)cc1OC. The zero-order chi connectivity index (χ0) is 23.4. The zero-order valence-corrected chi connectivity index (χ0v) is 19.2. The van der Waals surface area contributed by atoms with Gasteiger partial charge in [0.1, 0.15) is 11.4 Å². The van der Waals surface area contributed by atoms with Gasteiger partial charge in [0.05, 0.1) is 32.1 Å². The number of hydrazone groups is 1. The highest BCUT2D eigenvalue weighted by atomic mass is 32.1. The Morgan fingerprint density at radius 1 is 1.15 bits per heavy atom. The lowest BCUT2D eigenvalue weighted by Crippen LogP contribution is -2.30. The summed E-state index contributed by atoms with van der Waals surface area (Å²) in [7, 11) is 3.10. The first-order chi connectivity index (χ1) is 16.0. The number of aryl methyl sites for hydroxylation is 1. The molecule has 0 saturated carbocycles. The van der Waals surface area contributed by atoms with Crippen molar-refractivity contribution >= 4 is 33.7 Å². The summed E-state index contributed by atoms with van der Waals surface area (Å²) in [5.74, 6) is 0.709. The number of aromatic nitrogens is 2. The smallest absolute Gasteiger partial charge is 0.263 e. The van der Waals surface area contributed by atoms with Crippen LogP contribution in [0.2, 0.25) is 0 Å². The highest BCUT2D eigenvalue weighted by molar-refractivity contribution is 7.17. The Kier molecular flexibility index (Phi) is 6.50. The highest BCUT2D eigenvalue weighted by Crippen LogP contribution is 2.30. The predicted molar refractivity (Wildman–Crippen MR) is 129 cm³/mol. The van der Waals surface area contributed by atoms with E-state index in [1.54, 1.807) is 32.4 Å². The van der Waals surface area contributed by atoms with Crippen LogP contribution in [-0.2, 0) is 11.3 Å². The monoisotopic (exact) mass is 462 g/mol. The quantitative estimate of drug-likeness (QED) is 0.335. The second-order valence-electron chi connectivity index (χ2n) is 7.28. The number of methoxy groups -OCH3 is 2. The third-order valence-electron chi connectivity index (χ3n) is 5.05. The van der Waals surface area contributed by atoms with Gasteiger partial charge in [-0.3, -0.25) is 14.2 Å². The van der Waals surface area contributed by atoms with Crippen LogP contribution in [0, 0.1) is 6.92 Å². The topological polar surface area (TPSA) is 94.8 Å². The van der Waals surface area contributed by atoms with E-state index in [0.29, 0.717) is 27.3 Å². The van der Waals surface area contributed by atoms with E-state index in [4.69, 9.17) is 9.47 Å². The van der Waals surface area contributed by atoms with Crippen LogP contribution in [0.15, 0.2) is 64.1 Å². The van der Waals surface area contributed by atoms with Crippen molar-refractivity contribution < 1.29 is 14.3 Å². The van der Waals surface area contributed by atoms with Gasteiger partial charge in [0, 0.05) is 10.9 Å². The van der Waals surface area contributed by atoms with Crippen molar-refractivity contribution in [3.63, 3.8) is 0 Å². The molecule has 0 unspecified atom stereocenters. The van der Waals surface area contributed by atoms with Crippen LogP contribution in [0.1, 0.15) is 11.1 Å². The second kappa shape index (κ2) is 9.66. The molecule has 2 aromatic carbocycles. The van der Waals surface area contributed by atoms with Gasteiger partial charge in [-0.05, 0) is 36.2 Å². The number of hydrogen-bond donors (Lipinski definition) is 1. The molecule has 1 N–H and O–H groups in total. The van der Waals surface area contributed by atoms with Crippen LogP contribution in [0.25, 0.3) is 21.3 Å². The van der Waals surface area contributed by atoms with Gasteiger partial charge in [-0.25, -0.2) is 10.4 Å². The van der Waals surface area contributed by atoms with E-state index in [9.17, 15) is 9.59 Å². The molecule has 0 aliphatic rings. The van der Waals surface area contributed by atoms with Gasteiger partial charge in [0.25, 0.3) is 11.5 Å². The van der Waals surface area contributed by atoms with E-state index in [2.05, 4.69) is 15.5 Å². The summed E-state index contributed by atoms with van der Waals surface area (Å²) >= 11 is 1.40. The molecule has 0 aliphatic heterocycles. The van der Waals surface area contributed by atoms with Crippen molar-refractivity contribution in [1.82, 2.24) is 15.0 Å². The fourth-order valence-electron chi connectivity index (χ4n) is 3.33. The van der Waals surface area contributed by atoms with Gasteiger partial charge in [-0.1, -0.05) is 29.8 Å². The van der Waals surface area contributed by atoms with Crippen molar-refractivity contribution in [3.05, 3.63) is 75.7 Å². The Bertz CT molecular complexity index is 1390. The number of rotatable bonds is 7. The molecule has 0 spiro atoms. The number of carbonyl (C=O) groups excluding carboxylic acids is 1. The summed E-state index contributed by atoms with van der Waals surface area (Å²) < 4.78 is 11.7. The number of fused-ring (bicyclic) bond motifs is 1. The first-order valence-corrected chi connectivity index (χ1v) is 11.0. The third kappa shape index (κ3) is 4.78. The number of carbonyl (C=O) groups is 1. The minimum atomic E-state index is -0.443. The molecular formula is C24H22N4O4S. The van der Waals surface area contributed by atoms with E-state index in [1.807, 2.05) is 36.6 Å². The number of thiophene rings is 1. The van der Waals surface area contributed by atoms with Gasteiger partial charge in [-0.2, -0.15) is 5.10 Å². The minimum Gasteiger partial charge on any atom is -0.493 e. The summed E-state index contributed by atoms with van der Waals surface area (Å²) in [6.07, 6.45) is 2.87. The maximum Gasteiger partial charge on any atom is 0.263 e. The van der Waals surface area contributed by atoms with Gasteiger partial charge in [-0.15, -0.1) is 11.3 Å². The van der Waals surface area contributed by atoms with Crippen molar-refractivity contribution in [2.45, 2.75) is 13.5 Å². The lowest BCUT2D eigenvalue weighted by atomic mass is 10.1. The van der Waals surface area contributed by atoms with Gasteiger partial charge in [0.15, 0.2) is 11.5 Å². The summed E-state index contributed by atoms with van der Waals surface area (Å²) in [6.45, 7) is 1.81. The fourth-order valence-corrected chi connectivity index (χ4v) is 4.23. The second-order valence-corrected chi connectivity index (χ2v) is 8.14. The highest BCUT2D eigenvalue weighted by Gasteiger charge is 2.14. The molecule has 0 radical (unpaired) electrons. The maximum absolute atomic E-state index is 13.1. The summed E-state index contributed by atoms with van der Waals surface area (Å²) in [6, 6.07) is 13.2. The Morgan fingerprint density at radius 3 is 2.64 bits per heavy atom. The zero-order valence-electron chi connectivity index (χ0n) is 18.4. The molecular weight excluding hydrogens is 440 g/mol. The van der Waals surface area contributed by atoms with Gasteiger partial charge in [0.2, 0.25) is 0 Å². The largest absolute Gasteiger partial charge is 0.493 e.